The van der Waals surface area contributed by atoms with Crippen LogP contribution in [0.25, 0.3) is 0 Å². The monoisotopic (exact) mass is 233 g/mol. The zero-order valence-electron chi connectivity index (χ0n) is 7.36. The molecule has 0 spiro atoms. The van der Waals surface area contributed by atoms with E-state index >= 15 is 0 Å². The highest BCUT2D eigenvalue weighted by atomic mass is 35.5. The van der Waals surface area contributed by atoms with Crippen molar-refractivity contribution in [2.24, 2.45) is 21.7 Å². The summed E-state index contributed by atoms with van der Waals surface area (Å²) in [5, 5.41) is 16.9. The molecule has 0 fully saturated rings. The summed E-state index contributed by atoms with van der Waals surface area (Å²) in [5.74, 6) is -0.375. The van der Waals surface area contributed by atoms with Crippen LogP contribution in [0.1, 0.15) is 5.76 Å². The van der Waals surface area contributed by atoms with Gasteiger partial charge >= 0.3 is 5.88 Å². The van der Waals surface area contributed by atoms with Gasteiger partial charge in [0.05, 0.1) is 12.3 Å². The van der Waals surface area contributed by atoms with Crippen LogP contribution in [-0.4, -0.2) is 17.1 Å². The van der Waals surface area contributed by atoms with Gasteiger partial charge in [0, 0.05) is 0 Å². The quantitative estimate of drug-likeness (QED) is 0.333. The molecule has 82 valence electrons. The highest BCUT2D eigenvalue weighted by molar-refractivity contribution is 5.85. The molecule has 0 unspecified atom stereocenters. The standard InChI is InChI=1S/C6H7N5O3.ClH/c7-6(8)10-9-3-4-1-2-5(14-4)11(12)13;/h1-3H,(H4,7,8,10);1H/b9-3+;. The first-order valence-corrected chi connectivity index (χ1v) is 3.46. The normalized spacial score (nSPS) is 9.60. The van der Waals surface area contributed by atoms with Crippen molar-refractivity contribution in [3.8, 4) is 0 Å². The highest BCUT2D eigenvalue weighted by Gasteiger charge is 2.09. The molecule has 1 heterocycles. The Morgan fingerprint density at radius 3 is 2.67 bits per heavy atom. The summed E-state index contributed by atoms with van der Waals surface area (Å²) in [6.07, 6.45) is 1.16. The maximum absolute atomic E-state index is 10.2. The average Bonchev–Trinajstić information content (AvgIpc) is 2.52. The molecule has 0 saturated carbocycles. The van der Waals surface area contributed by atoms with E-state index in [2.05, 4.69) is 10.2 Å². The second kappa shape index (κ2) is 5.60. The van der Waals surface area contributed by atoms with Gasteiger partial charge in [-0.25, -0.2) is 0 Å². The van der Waals surface area contributed by atoms with Crippen LogP contribution in [0.4, 0.5) is 5.88 Å². The number of hydrogen-bond donors (Lipinski definition) is 2. The zero-order valence-corrected chi connectivity index (χ0v) is 8.18. The Hall–Kier alpha value is -2.09. The van der Waals surface area contributed by atoms with Crippen LogP contribution in [0.15, 0.2) is 26.8 Å². The Balaban J connectivity index is 0.00000196. The van der Waals surface area contributed by atoms with Crippen molar-refractivity contribution < 1.29 is 9.34 Å². The lowest BCUT2D eigenvalue weighted by Crippen LogP contribution is -2.21. The lowest BCUT2D eigenvalue weighted by Gasteiger charge is -1.83. The highest BCUT2D eigenvalue weighted by Crippen LogP contribution is 2.13. The van der Waals surface area contributed by atoms with E-state index in [1.165, 1.54) is 12.1 Å². The molecular weight excluding hydrogens is 226 g/mol. The van der Waals surface area contributed by atoms with Gasteiger partial charge in [0.25, 0.3) is 0 Å². The predicted molar refractivity (Wildman–Crippen MR) is 56.0 cm³/mol. The summed E-state index contributed by atoms with van der Waals surface area (Å²) >= 11 is 0. The van der Waals surface area contributed by atoms with Gasteiger partial charge in [-0.3, -0.25) is 10.1 Å². The third-order valence-corrected chi connectivity index (χ3v) is 1.15. The molecular formula is C6H8ClN5O3. The van der Waals surface area contributed by atoms with E-state index < -0.39 is 4.92 Å². The topological polar surface area (TPSA) is 133 Å². The van der Waals surface area contributed by atoms with Gasteiger partial charge < -0.3 is 15.9 Å². The number of halogens is 1. The van der Waals surface area contributed by atoms with Crippen LogP contribution >= 0.6 is 12.4 Å². The number of furan rings is 1. The largest absolute Gasteiger partial charge is 0.433 e. The van der Waals surface area contributed by atoms with Gasteiger partial charge in [0.1, 0.15) is 4.92 Å². The average molecular weight is 234 g/mol. The minimum Gasteiger partial charge on any atom is -0.400 e. The number of hydrogen-bond acceptors (Lipinski definition) is 5. The van der Waals surface area contributed by atoms with Crippen LogP contribution in [0.2, 0.25) is 0 Å². The SMILES string of the molecule is Cl.NC(N)=N/N=C/c1ccc([N+](=O)[O-])o1. The molecule has 0 radical (unpaired) electrons. The zero-order chi connectivity index (χ0) is 10.6. The van der Waals surface area contributed by atoms with Gasteiger partial charge in [0.2, 0.25) is 5.96 Å². The summed E-state index contributed by atoms with van der Waals surface area (Å²) in [6.45, 7) is 0. The van der Waals surface area contributed by atoms with Crippen molar-refractivity contribution in [2.45, 2.75) is 0 Å². The molecule has 15 heavy (non-hydrogen) atoms. The summed E-state index contributed by atoms with van der Waals surface area (Å²) in [5.41, 5.74) is 9.97. The first kappa shape index (κ1) is 12.9. The molecule has 4 N–H and O–H groups in total. The Morgan fingerprint density at radius 2 is 2.20 bits per heavy atom. The van der Waals surface area contributed by atoms with Gasteiger partial charge in [-0.1, -0.05) is 0 Å². The maximum atomic E-state index is 10.2. The van der Waals surface area contributed by atoms with E-state index in [1.807, 2.05) is 0 Å². The Labute approximate surface area is 90.2 Å². The molecule has 0 aromatic carbocycles. The molecule has 0 amide bonds. The third-order valence-electron chi connectivity index (χ3n) is 1.15. The number of nitro groups is 1. The van der Waals surface area contributed by atoms with E-state index in [1.54, 1.807) is 0 Å². The number of nitrogens with two attached hydrogens (primary N) is 2. The molecule has 9 heteroatoms. The van der Waals surface area contributed by atoms with E-state index in [0.717, 1.165) is 6.21 Å². The second-order valence-corrected chi connectivity index (χ2v) is 2.20. The van der Waals surface area contributed by atoms with Crippen molar-refractivity contribution in [3.05, 3.63) is 28.0 Å². The fraction of sp³-hybridized carbons (Fsp3) is 0. The van der Waals surface area contributed by atoms with Crippen molar-refractivity contribution in [1.29, 1.82) is 0 Å². The van der Waals surface area contributed by atoms with Gasteiger partial charge in [-0.05, 0) is 6.07 Å². The van der Waals surface area contributed by atoms with E-state index in [0.29, 0.717) is 0 Å². The van der Waals surface area contributed by atoms with Crippen LogP contribution < -0.4 is 11.5 Å². The molecule has 0 saturated heterocycles. The summed E-state index contributed by atoms with van der Waals surface area (Å²) in [4.78, 5) is 9.54. The number of guanidine groups is 1. The molecule has 0 bridgehead atoms. The molecule has 1 aromatic rings. The molecule has 0 aliphatic rings. The van der Waals surface area contributed by atoms with Crippen molar-refractivity contribution in [2.75, 3.05) is 0 Å². The van der Waals surface area contributed by atoms with Gasteiger partial charge in [-0.15, -0.1) is 17.5 Å². The van der Waals surface area contributed by atoms with Crippen LogP contribution in [0.3, 0.4) is 0 Å². The van der Waals surface area contributed by atoms with Gasteiger partial charge in [0.15, 0.2) is 5.76 Å². The molecule has 0 aliphatic heterocycles. The molecule has 0 aliphatic carbocycles. The first-order chi connectivity index (χ1) is 6.59. The fourth-order valence-electron chi connectivity index (χ4n) is 0.662. The van der Waals surface area contributed by atoms with Crippen LogP contribution in [-0.2, 0) is 0 Å². The Kier molecular flexibility index (Phi) is 4.82. The number of rotatable bonds is 3. The van der Waals surface area contributed by atoms with Gasteiger partial charge in [-0.2, -0.15) is 5.10 Å². The molecule has 0 atom stereocenters. The lowest BCUT2D eigenvalue weighted by molar-refractivity contribution is -0.402. The fourth-order valence-corrected chi connectivity index (χ4v) is 0.662. The van der Waals surface area contributed by atoms with E-state index in [-0.39, 0.29) is 30.0 Å². The minimum atomic E-state index is -0.655. The van der Waals surface area contributed by atoms with E-state index in [4.69, 9.17) is 15.9 Å². The van der Waals surface area contributed by atoms with Crippen LogP contribution in [0.5, 0.6) is 0 Å². The molecule has 8 nitrogen and oxygen atoms in total. The summed E-state index contributed by atoms with van der Waals surface area (Å²) in [6, 6.07) is 2.58. The van der Waals surface area contributed by atoms with Crippen molar-refractivity contribution in [1.82, 2.24) is 0 Å². The lowest BCUT2D eigenvalue weighted by atomic mass is 10.5. The molecule has 1 rings (SSSR count). The first-order valence-electron chi connectivity index (χ1n) is 3.46. The summed E-state index contributed by atoms with van der Waals surface area (Å²) < 4.78 is 4.73. The maximum Gasteiger partial charge on any atom is 0.433 e. The van der Waals surface area contributed by atoms with Crippen LogP contribution in [0, 0.1) is 10.1 Å². The number of nitrogens with zero attached hydrogens (tertiary/aromatic N) is 3. The van der Waals surface area contributed by atoms with Crippen molar-refractivity contribution in [3.63, 3.8) is 0 Å². The molecule has 1 aromatic heterocycles. The Bertz CT molecular complexity index is 395. The van der Waals surface area contributed by atoms with E-state index in [9.17, 15) is 10.1 Å². The second-order valence-electron chi connectivity index (χ2n) is 2.20. The smallest absolute Gasteiger partial charge is 0.400 e. The minimum absolute atomic E-state index is 0. The predicted octanol–water partition coefficient (Wildman–Crippen LogP) is 0.217. The Morgan fingerprint density at radius 1 is 1.53 bits per heavy atom. The summed E-state index contributed by atoms with van der Waals surface area (Å²) in [7, 11) is 0. The third kappa shape index (κ3) is 4.09. The van der Waals surface area contributed by atoms with Crippen molar-refractivity contribution >= 4 is 30.5 Å².